The maximum atomic E-state index is 5.49. The van der Waals surface area contributed by atoms with Crippen molar-refractivity contribution < 1.29 is 4.74 Å². The van der Waals surface area contributed by atoms with Gasteiger partial charge in [-0.15, -0.1) is 0 Å². The molecule has 3 heterocycles. The summed E-state index contributed by atoms with van der Waals surface area (Å²) in [4.78, 5) is 7.08. The van der Waals surface area contributed by atoms with E-state index in [1.165, 1.54) is 12.2 Å². The van der Waals surface area contributed by atoms with Gasteiger partial charge in [-0.25, -0.2) is 4.98 Å². The summed E-state index contributed by atoms with van der Waals surface area (Å²) in [6.45, 7) is 6.18. The Balaban J connectivity index is 1.71. The summed E-state index contributed by atoms with van der Waals surface area (Å²) in [5, 5.41) is 3.48. The van der Waals surface area contributed by atoms with Crippen LogP contribution in [0.2, 0.25) is 0 Å². The second-order valence-corrected chi connectivity index (χ2v) is 5.34. The Bertz CT molecular complexity index is 386. The van der Waals surface area contributed by atoms with Crippen LogP contribution in [-0.2, 0) is 11.8 Å². The smallest absolute Gasteiger partial charge is 0.127 e. The van der Waals surface area contributed by atoms with Gasteiger partial charge < -0.3 is 14.6 Å². The molecule has 5 heteroatoms. The first-order valence-electron chi connectivity index (χ1n) is 6.84. The molecule has 5 nitrogen and oxygen atoms in total. The van der Waals surface area contributed by atoms with E-state index in [0.29, 0.717) is 12.0 Å². The first-order valence-corrected chi connectivity index (χ1v) is 6.84. The fraction of sp³-hybridized carbons (Fsp3) is 0.769. The molecule has 2 aliphatic heterocycles. The van der Waals surface area contributed by atoms with Crippen molar-refractivity contribution in [3.63, 3.8) is 0 Å². The van der Waals surface area contributed by atoms with Crippen LogP contribution in [0.5, 0.6) is 0 Å². The molecule has 0 amide bonds. The summed E-state index contributed by atoms with van der Waals surface area (Å²) in [7, 11) is 2.08. The lowest BCUT2D eigenvalue weighted by Gasteiger charge is -2.37. The molecule has 0 aliphatic carbocycles. The van der Waals surface area contributed by atoms with Crippen molar-refractivity contribution in [3.05, 3.63) is 18.2 Å². The molecule has 3 rings (SSSR count). The van der Waals surface area contributed by atoms with E-state index in [1.807, 2.05) is 12.4 Å². The molecule has 2 aliphatic rings. The van der Waals surface area contributed by atoms with Gasteiger partial charge in [0.15, 0.2) is 0 Å². The van der Waals surface area contributed by atoms with Crippen LogP contribution >= 0.6 is 0 Å². The second kappa shape index (κ2) is 5.38. The van der Waals surface area contributed by atoms with Gasteiger partial charge in [-0.05, 0) is 12.3 Å². The van der Waals surface area contributed by atoms with Crippen molar-refractivity contribution in [1.82, 2.24) is 19.8 Å². The predicted molar refractivity (Wildman–Crippen MR) is 69.3 cm³/mol. The molecule has 0 radical (unpaired) electrons. The highest BCUT2D eigenvalue weighted by atomic mass is 16.5. The number of nitrogens with zero attached hydrogens (tertiary/aromatic N) is 3. The highest BCUT2D eigenvalue weighted by Gasteiger charge is 2.29. The third kappa shape index (κ3) is 2.43. The Morgan fingerprint density at radius 3 is 3.22 bits per heavy atom. The van der Waals surface area contributed by atoms with E-state index in [2.05, 4.69) is 26.8 Å². The van der Waals surface area contributed by atoms with Gasteiger partial charge in [-0.2, -0.15) is 0 Å². The third-order valence-electron chi connectivity index (χ3n) is 4.03. The summed E-state index contributed by atoms with van der Waals surface area (Å²) in [6, 6.07) is 0.402. The minimum absolute atomic E-state index is 0.402. The van der Waals surface area contributed by atoms with Crippen LogP contribution < -0.4 is 5.32 Å². The van der Waals surface area contributed by atoms with Crippen molar-refractivity contribution in [3.8, 4) is 0 Å². The van der Waals surface area contributed by atoms with E-state index in [0.717, 1.165) is 39.4 Å². The highest BCUT2D eigenvalue weighted by Crippen LogP contribution is 2.23. The van der Waals surface area contributed by atoms with Gasteiger partial charge >= 0.3 is 0 Å². The third-order valence-corrected chi connectivity index (χ3v) is 4.03. The lowest BCUT2D eigenvalue weighted by molar-refractivity contribution is 0.117. The number of hydrogen-bond donors (Lipinski definition) is 1. The average Bonchev–Trinajstić information content (AvgIpc) is 3.02. The predicted octanol–water partition coefficient (Wildman–Crippen LogP) is 0.403. The summed E-state index contributed by atoms with van der Waals surface area (Å²) >= 11 is 0. The van der Waals surface area contributed by atoms with Gasteiger partial charge in [0.1, 0.15) is 5.82 Å². The Hall–Kier alpha value is -0.910. The van der Waals surface area contributed by atoms with E-state index < -0.39 is 0 Å². The fourth-order valence-corrected chi connectivity index (χ4v) is 2.98. The van der Waals surface area contributed by atoms with Crippen LogP contribution in [-0.4, -0.2) is 53.8 Å². The summed E-state index contributed by atoms with van der Waals surface area (Å²) in [5.74, 6) is 1.87. The molecule has 0 aromatic carbocycles. The van der Waals surface area contributed by atoms with E-state index >= 15 is 0 Å². The molecular formula is C13H22N4O. The Morgan fingerprint density at radius 1 is 1.56 bits per heavy atom. The Labute approximate surface area is 108 Å². The minimum atomic E-state index is 0.402. The summed E-state index contributed by atoms with van der Waals surface area (Å²) in [5.41, 5.74) is 0. The minimum Gasteiger partial charge on any atom is -0.381 e. The lowest BCUT2D eigenvalue weighted by Crippen LogP contribution is -2.48. The number of piperazine rings is 1. The van der Waals surface area contributed by atoms with E-state index in [9.17, 15) is 0 Å². The zero-order valence-corrected chi connectivity index (χ0v) is 11.0. The molecule has 0 saturated carbocycles. The first kappa shape index (κ1) is 12.1. The molecule has 0 bridgehead atoms. The monoisotopic (exact) mass is 250 g/mol. The number of aryl methyl sites for hydroxylation is 1. The normalized spacial score (nSPS) is 29.8. The zero-order chi connectivity index (χ0) is 12.4. The van der Waals surface area contributed by atoms with Gasteiger partial charge in [0.05, 0.1) is 12.6 Å². The van der Waals surface area contributed by atoms with Crippen molar-refractivity contribution in [2.75, 3.05) is 39.4 Å². The van der Waals surface area contributed by atoms with Crippen molar-refractivity contribution >= 4 is 0 Å². The lowest BCUT2D eigenvalue weighted by atomic mass is 10.1. The molecular weight excluding hydrogens is 228 g/mol. The summed E-state index contributed by atoms with van der Waals surface area (Å²) in [6.07, 6.45) is 5.12. The average molecular weight is 250 g/mol. The standard InChI is InChI=1S/C13H22N4O/c1-16-5-4-15-13(16)12-8-14-3-6-17(12)9-11-2-7-18-10-11/h4-5,11-12,14H,2-3,6-10H2,1H3. The van der Waals surface area contributed by atoms with Gasteiger partial charge in [0.2, 0.25) is 0 Å². The van der Waals surface area contributed by atoms with E-state index in [1.54, 1.807) is 0 Å². The molecule has 2 atom stereocenters. The van der Waals surface area contributed by atoms with Crippen molar-refractivity contribution in [2.45, 2.75) is 12.5 Å². The second-order valence-electron chi connectivity index (χ2n) is 5.34. The summed E-state index contributed by atoms with van der Waals surface area (Å²) < 4.78 is 7.62. The van der Waals surface area contributed by atoms with E-state index in [4.69, 9.17) is 4.74 Å². The number of nitrogens with one attached hydrogen (secondary N) is 1. The number of aromatic nitrogens is 2. The zero-order valence-electron chi connectivity index (χ0n) is 11.0. The molecule has 100 valence electrons. The van der Waals surface area contributed by atoms with Gasteiger partial charge in [-0.1, -0.05) is 0 Å². The highest BCUT2D eigenvalue weighted by molar-refractivity contribution is 5.02. The first-order chi connectivity index (χ1) is 8.84. The van der Waals surface area contributed by atoms with Crippen LogP contribution in [0.3, 0.4) is 0 Å². The molecule has 2 fully saturated rings. The molecule has 1 N–H and O–H groups in total. The van der Waals surface area contributed by atoms with Crippen LogP contribution in [0.15, 0.2) is 12.4 Å². The quantitative estimate of drug-likeness (QED) is 0.843. The van der Waals surface area contributed by atoms with Crippen LogP contribution in [0.25, 0.3) is 0 Å². The van der Waals surface area contributed by atoms with Crippen LogP contribution in [0.4, 0.5) is 0 Å². The van der Waals surface area contributed by atoms with Crippen molar-refractivity contribution in [1.29, 1.82) is 0 Å². The Morgan fingerprint density at radius 2 is 2.50 bits per heavy atom. The molecule has 0 spiro atoms. The van der Waals surface area contributed by atoms with Crippen LogP contribution in [0, 0.1) is 5.92 Å². The topological polar surface area (TPSA) is 42.3 Å². The number of hydrogen-bond acceptors (Lipinski definition) is 4. The SMILES string of the molecule is Cn1ccnc1C1CNCCN1CC1CCOC1. The Kier molecular flexibility index (Phi) is 3.63. The van der Waals surface area contributed by atoms with Gasteiger partial charge in [-0.3, -0.25) is 4.90 Å². The fourth-order valence-electron chi connectivity index (χ4n) is 2.98. The maximum Gasteiger partial charge on any atom is 0.127 e. The van der Waals surface area contributed by atoms with Gasteiger partial charge in [0.25, 0.3) is 0 Å². The molecule has 2 saturated heterocycles. The van der Waals surface area contributed by atoms with E-state index in [-0.39, 0.29) is 0 Å². The number of imidazole rings is 1. The number of ether oxygens (including phenoxy) is 1. The molecule has 2 unspecified atom stereocenters. The maximum absolute atomic E-state index is 5.49. The molecule has 1 aromatic heterocycles. The van der Waals surface area contributed by atoms with Crippen LogP contribution in [0.1, 0.15) is 18.3 Å². The number of rotatable bonds is 3. The van der Waals surface area contributed by atoms with Gasteiger partial charge in [0, 0.05) is 52.2 Å². The van der Waals surface area contributed by atoms with Crippen molar-refractivity contribution in [2.24, 2.45) is 13.0 Å². The largest absolute Gasteiger partial charge is 0.381 e. The molecule has 18 heavy (non-hydrogen) atoms. The molecule has 1 aromatic rings.